The van der Waals surface area contributed by atoms with E-state index in [4.69, 9.17) is 4.52 Å². The van der Waals surface area contributed by atoms with Crippen molar-refractivity contribution in [2.75, 3.05) is 0 Å². The average molecular weight is 223 g/mol. The molecule has 0 fully saturated rings. The van der Waals surface area contributed by atoms with Crippen molar-refractivity contribution in [2.24, 2.45) is 0 Å². The number of halogens is 1. The lowest BCUT2D eigenvalue weighted by Crippen LogP contribution is -1.95. The van der Waals surface area contributed by atoms with Crippen LogP contribution in [-0.2, 0) is 0 Å². The quantitative estimate of drug-likeness (QED) is 0.575. The Bertz CT molecular complexity index is 553. The highest BCUT2D eigenvalue weighted by Crippen LogP contribution is 2.30. The molecule has 1 aromatic carbocycles. The van der Waals surface area contributed by atoms with Crippen molar-refractivity contribution in [3.63, 3.8) is 0 Å². The SMILES string of the molecule is Cc1noc(-c2c(F)cccc2[N+](=O)[O-])n1. The zero-order valence-corrected chi connectivity index (χ0v) is 8.18. The van der Waals surface area contributed by atoms with Gasteiger partial charge in [-0.05, 0) is 13.0 Å². The maximum absolute atomic E-state index is 13.5. The van der Waals surface area contributed by atoms with Crippen molar-refractivity contribution in [1.29, 1.82) is 0 Å². The Hall–Kier alpha value is -2.31. The molecule has 0 atom stereocenters. The molecule has 1 aromatic heterocycles. The second-order valence-corrected chi connectivity index (χ2v) is 3.04. The standard InChI is InChI=1S/C9H6FN3O3/c1-5-11-9(16-12-5)8-6(10)3-2-4-7(8)13(14)15/h2-4H,1H3. The lowest BCUT2D eigenvalue weighted by molar-refractivity contribution is -0.384. The molecule has 0 bridgehead atoms. The van der Waals surface area contributed by atoms with Crippen molar-refractivity contribution < 1.29 is 13.8 Å². The molecule has 16 heavy (non-hydrogen) atoms. The van der Waals surface area contributed by atoms with E-state index in [0.29, 0.717) is 0 Å². The summed E-state index contributed by atoms with van der Waals surface area (Å²) in [5.74, 6) is -0.673. The molecule has 0 saturated carbocycles. The molecule has 0 amide bonds. The molecular formula is C9H6FN3O3. The van der Waals surface area contributed by atoms with Gasteiger partial charge in [0.05, 0.1) is 4.92 Å². The first-order valence-electron chi connectivity index (χ1n) is 4.33. The number of nitro benzene ring substituents is 1. The fourth-order valence-electron chi connectivity index (χ4n) is 1.28. The molecule has 0 radical (unpaired) electrons. The predicted molar refractivity (Wildman–Crippen MR) is 51.1 cm³/mol. The van der Waals surface area contributed by atoms with Gasteiger partial charge in [0.25, 0.3) is 11.6 Å². The van der Waals surface area contributed by atoms with Gasteiger partial charge in [-0.15, -0.1) is 0 Å². The van der Waals surface area contributed by atoms with Crippen LogP contribution in [0.2, 0.25) is 0 Å². The second-order valence-electron chi connectivity index (χ2n) is 3.04. The van der Waals surface area contributed by atoms with E-state index in [-0.39, 0.29) is 17.3 Å². The highest BCUT2D eigenvalue weighted by molar-refractivity contribution is 5.67. The summed E-state index contributed by atoms with van der Waals surface area (Å²) in [5, 5.41) is 14.2. The molecule has 0 spiro atoms. The Morgan fingerprint density at radius 1 is 1.50 bits per heavy atom. The Balaban J connectivity index is 2.67. The van der Waals surface area contributed by atoms with E-state index in [0.717, 1.165) is 6.07 Å². The fraction of sp³-hybridized carbons (Fsp3) is 0.111. The van der Waals surface area contributed by atoms with Crippen LogP contribution in [-0.4, -0.2) is 15.1 Å². The van der Waals surface area contributed by atoms with Gasteiger partial charge in [-0.25, -0.2) is 4.39 Å². The summed E-state index contributed by atoms with van der Waals surface area (Å²) in [7, 11) is 0. The first kappa shape index (κ1) is 10.2. The topological polar surface area (TPSA) is 82.1 Å². The van der Waals surface area contributed by atoms with Gasteiger partial charge in [0, 0.05) is 6.07 Å². The van der Waals surface area contributed by atoms with Crippen LogP contribution in [0.4, 0.5) is 10.1 Å². The third kappa shape index (κ3) is 1.62. The number of rotatable bonds is 2. The Labute approximate surface area is 88.9 Å². The molecule has 0 aliphatic carbocycles. The average Bonchev–Trinajstić information content (AvgIpc) is 2.64. The maximum Gasteiger partial charge on any atom is 0.285 e. The Morgan fingerprint density at radius 2 is 2.25 bits per heavy atom. The number of nitrogens with zero attached hydrogens (tertiary/aromatic N) is 3. The van der Waals surface area contributed by atoms with Crippen LogP contribution < -0.4 is 0 Å². The summed E-state index contributed by atoms with van der Waals surface area (Å²) in [6.07, 6.45) is 0. The summed E-state index contributed by atoms with van der Waals surface area (Å²) < 4.78 is 18.2. The van der Waals surface area contributed by atoms with E-state index < -0.39 is 16.4 Å². The first-order valence-corrected chi connectivity index (χ1v) is 4.33. The molecule has 0 aliphatic heterocycles. The molecular weight excluding hydrogens is 217 g/mol. The van der Waals surface area contributed by atoms with Gasteiger partial charge in [0.15, 0.2) is 11.4 Å². The van der Waals surface area contributed by atoms with E-state index in [1.54, 1.807) is 6.92 Å². The highest BCUT2D eigenvalue weighted by atomic mass is 19.1. The van der Waals surface area contributed by atoms with Gasteiger partial charge < -0.3 is 4.52 Å². The number of hydrogen-bond acceptors (Lipinski definition) is 5. The normalized spacial score (nSPS) is 10.4. The zero-order chi connectivity index (χ0) is 11.7. The summed E-state index contributed by atoms with van der Waals surface area (Å²) in [6, 6.07) is 3.53. The Kier molecular flexibility index (Phi) is 2.35. The number of hydrogen-bond donors (Lipinski definition) is 0. The van der Waals surface area contributed by atoms with Crippen molar-refractivity contribution in [3.8, 4) is 11.5 Å². The second kappa shape index (κ2) is 3.69. The molecule has 0 N–H and O–H groups in total. The van der Waals surface area contributed by atoms with Crippen molar-refractivity contribution in [2.45, 2.75) is 6.92 Å². The Morgan fingerprint density at radius 3 is 2.81 bits per heavy atom. The van der Waals surface area contributed by atoms with Crippen LogP contribution in [0, 0.1) is 22.9 Å². The molecule has 2 rings (SSSR count). The van der Waals surface area contributed by atoms with Crippen LogP contribution >= 0.6 is 0 Å². The van der Waals surface area contributed by atoms with Crippen LogP contribution in [0.25, 0.3) is 11.5 Å². The van der Waals surface area contributed by atoms with Gasteiger partial charge in [0.2, 0.25) is 0 Å². The lowest BCUT2D eigenvalue weighted by Gasteiger charge is -1.98. The van der Waals surface area contributed by atoms with Crippen LogP contribution in [0.5, 0.6) is 0 Å². The minimum atomic E-state index is -0.766. The van der Waals surface area contributed by atoms with E-state index in [9.17, 15) is 14.5 Å². The molecule has 1 heterocycles. The maximum atomic E-state index is 13.5. The minimum absolute atomic E-state index is 0.192. The van der Waals surface area contributed by atoms with Gasteiger partial charge in [0.1, 0.15) is 5.82 Å². The third-order valence-electron chi connectivity index (χ3n) is 1.93. The van der Waals surface area contributed by atoms with Crippen LogP contribution in [0.15, 0.2) is 22.7 Å². The van der Waals surface area contributed by atoms with Crippen molar-refractivity contribution in [3.05, 3.63) is 40.0 Å². The van der Waals surface area contributed by atoms with Gasteiger partial charge in [-0.2, -0.15) is 4.98 Å². The summed E-state index contributed by atoms with van der Waals surface area (Å²) >= 11 is 0. The lowest BCUT2D eigenvalue weighted by atomic mass is 10.1. The van der Waals surface area contributed by atoms with Crippen LogP contribution in [0.3, 0.4) is 0 Å². The molecule has 2 aromatic rings. The molecule has 0 unspecified atom stereocenters. The fourth-order valence-corrected chi connectivity index (χ4v) is 1.28. The smallest absolute Gasteiger partial charge is 0.285 e. The van der Waals surface area contributed by atoms with E-state index in [1.807, 2.05) is 0 Å². The molecule has 7 heteroatoms. The number of benzene rings is 1. The third-order valence-corrected chi connectivity index (χ3v) is 1.93. The molecule has 0 aliphatic rings. The number of aromatic nitrogens is 2. The molecule has 6 nitrogen and oxygen atoms in total. The van der Waals surface area contributed by atoms with E-state index in [1.165, 1.54) is 12.1 Å². The molecule has 0 saturated heterocycles. The largest absolute Gasteiger partial charge is 0.334 e. The van der Waals surface area contributed by atoms with Crippen molar-refractivity contribution in [1.82, 2.24) is 10.1 Å². The van der Waals surface area contributed by atoms with Gasteiger partial charge in [-0.3, -0.25) is 10.1 Å². The summed E-state index contributed by atoms with van der Waals surface area (Å²) in [5.41, 5.74) is -0.684. The van der Waals surface area contributed by atoms with Crippen LogP contribution in [0.1, 0.15) is 5.82 Å². The zero-order valence-electron chi connectivity index (χ0n) is 8.18. The predicted octanol–water partition coefficient (Wildman–Crippen LogP) is 2.09. The van der Waals surface area contributed by atoms with Gasteiger partial charge >= 0.3 is 0 Å². The highest BCUT2D eigenvalue weighted by Gasteiger charge is 2.23. The number of aryl methyl sites for hydroxylation is 1. The summed E-state index contributed by atoms with van der Waals surface area (Å²) in [4.78, 5) is 13.8. The van der Waals surface area contributed by atoms with Crippen molar-refractivity contribution >= 4 is 5.69 Å². The minimum Gasteiger partial charge on any atom is -0.334 e. The van der Waals surface area contributed by atoms with E-state index >= 15 is 0 Å². The van der Waals surface area contributed by atoms with E-state index in [2.05, 4.69) is 10.1 Å². The molecule has 82 valence electrons. The van der Waals surface area contributed by atoms with Gasteiger partial charge in [-0.1, -0.05) is 11.2 Å². The number of nitro groups is 1. The first-order chi connectivity index (χ1) is 7.59. The monoisotopic (exact) mass is 223 g/mol. The summed E-state index contributed by atoms with van der Waals surface area (Å²) in [6.45, 7) is 1.54.